The Morgan fingerprint density at radius 1 is 1.18 bits per heavy atom. The zero-order valence-corrected chi connectivity index (χ0v) is 14.5. The first-order valence-electron chi connectivity index (χ1n) is 8.07. The van der Waals surface area contributed by atoms with Crippen molar-refractivity contribution in [1.29, 1.82) is 0 Å². The van der Waals surface area contributed by atoms with E-state index in [0.29, 0.717) is 25.2 Å². The van der Waals surface area contributed by atoms with Gasteiger partial charge in [0.15, 0.2) is 0 Å². The molecule has 0 amide bonds. The lowest BCUT2D eigenvalue weighted by atomic mass is 10.0. The van der Waals surface area contributed by atoms with E-state index in [1.54, 1.807) is 4.31 Å². The number of nitrogens with zero attached hydrogens (tertiary/aromatic N) is 4. The molecule has 2 saturated heterocycles. The van der Waals surface area contributed by atoms with E-state index in [1.165, 1.54) is 12.7 Å². The Balaban J connectivity index is 1.71. The lowest BCUT2D eigenvalue weighted by Gasteiger charge is -2.38. The largest absolute Gasteiger partial charge is 0.336 e. The van der Waals surface area contributed by atoms with Crippen molar-refractivity contribution in [1.82, 2.24) is 18.8 Å². The van der Waals surface area contributed by atoms with Crippen molar-refractivity contribution in [3.8, 4) is 0 Å². The molecule has 0 radical (unpaired) electrons. The van der Waals surface area contributed by atoms with Gasteiger partial charge in [-0.05, 0) is 39.2 Å². The zero-order chi connectivity index (χ0) is 15.9. The van der Waals surface area contributed by atoms with E-state index in [0.717, 1.165) is 37.3 Å². The molecule has 1 aromatic rings. The number of hydrogen-bond donors (Lipinski definition) is 0. The van der Waals surface area contributed by atoms with Gasteiger partial charge in [-0.1, -0.05) is 0 Å². The van der Waals surface area contributed by atoms with E-state index < -0.39 is 10.0 Å². The first-order chi connectivity index (χ1) is 10.4. The maximum Gasteiger partial charge on any atom is 0.211 e. The highest BCUT2D eigenvalue weighted by Gasteiger charge is 2.36. The fourth-order valence-corrected chi connectivity index (χ4v) is 4.83. The standard InChI is InChI=1S/C15H26N4O2S/c1-12-11-17(2)15(16-12)14-5-4-8-19(14)13-6-9-18(10-7-13)22(3,20)21/h11,13-14H,4-10H2,1-3H3/t14-/m1/s1. The zero-order valence-electron chi connectivity index (χ0n) is 13.7. The van der Waals surface area contributed by atoms with E-state index >= 15 is 0 Å². The summed E-state index contributed by atoms with van der Waals surface area (Å²) >= 11 is 0. The van der Waals surface area contributed by atoms with Gasteiger partial charge in [-0.15, -0.1) is 0 Å². The molecule has 0 bridgehead atoms. The van der Waals surface area contributed by atoms with Crippen LogP contribution in [0.2, 0.25) is 0 Å². The van der Waals surface area contributed by atoms with Crippen molar-refractivity contribution in [2.24, 2.45) is 7.05 Å². The Labute approximate surface area is 133 Å². The van der Waals surface area contributed by atoms with Gasteiger partial charge < -0.3 is 4.57 Å². The van der Waals surface area contributed by atoms with Crippen LogP contribution in [0.4, 0.5) is 0 Å². The van der Waals surface area contributed by atoms with Crippen LogP contribution in [0.15, 0.2) is 6.20 Å². The van der Waals surface area contributed by atoms with Gasteiger partial charge >= 0.3 is 0 Å². The summed E-state index contributed by atoms with van der Waals surface area (Å²) < 4.78 is 27.0. The number of piperidine rings is 1. The number of hydrogen-bond acceptors (Lipinski definition) is 4. The second kappa shape index (κ2) is 5.94. The van der Waals surface area contributed by atoms with Gasteiger partial charge in [0.1, 0.15) is 5.82 Å². The average Bonchev–Trinajstić information content (AvgIpc) is 3.04. The second-order valence-electron chi connectivity index (χ2n) is 6.64. The van der Waals surface area contributed by atoms with Gasteiger partial charge in [0.25, 0.3) is 0 Å². The second-order valence-corrected chi connectivity index (χ2v) is 8.62. The number of sulfonamides is 1. The summed E-state index contributed by atoms with van der Waals surface area (Å²) in [6.45, 7) is 4.42. The predicted octanol–water partition coefficient (Wildman–Crippen LogP) is 1.29. The highest BCUT2D eigenvalue weighted by molar-refractivity contribution is 7.88. The van der Waals surface area contributed by atoms with E-state index in [1.807, 2.05) is 6.92 Å². The van der Waals surface area contributed by atoms with E-state index in [9.17, 15) is 8.42 Å². The molecule has 0 aromatic carbocycles. The molecule has 7 heteroatoms. The van der Waals surface area contributed by atoms with E-state index in [4.69, 9.17) is 4.98 Å². The number of rotatable bonds is 3. The highest BCUT2D eigenvalue weighted by Crippen LogP contribution is 2.35. The van der Waals surface area contributed by atoms with Crippen molar-refractivity contribution in [2.45, 2.75) is 44.7 Å². The van der Waals surface area contributed by atoms with Crippen LogP contribution in [0.5, 0.6) is 0 Å². The van der Waals surface area contributed by atoms with Crippen LogP contribution in [-0.4, -0.2) is 59.1 Å². The molecule has 2 aliphatic rings. The molecule has 2 aliphatic heterocycles. The SMILES string of the molecule is Cc1cn(C)c([C@H]2CCCN2C2CCN(S(C)(=O)=O)CC2)n1. The molecule has 0 saturated carbocycles. The summed E-state index contributed by atoms with van der Waals surface area (Å²) in [4.78, 5) is 7.26. The Bertz CT molecular complexity index is 632. The predicted molar refractivity (Wildman–Crippen MR) is 86.1 cm³/mol. The van der Waals surface area contributed by atoms with Crippen LogP contribution in [0.3, 0.4) is 0 Å². The topological polar surface area (TPSA) is 58.4 Å². The molecule has 22 heavy (non-hydrogen) atoms. The summed E-state index contributed by atoms with van der Waals surface area (Å²) in [7, 11) is -0.976. The van der Waals surface area contributed by atoms with Gasteiger partial charge in [-0.25, -0.2) is 17.7 Å². The quantitative estimate of drug-likeness (QED) is 0.840. The lowest BCUT2D eigenvalue weighted by Crippen LogP contribution is -2.46. The number of likely N-dealkylation sites (tertiary alicyclic amines) is 1. The summed E-state index contributed by atoms with van der Waals surface area (Å²) in [5.74, 6) is 1.15. The molecule has 124 valence electrons. The highest BCUT2D eigenvalue weighted by atomic mass is 32.2. The number of imidazole rings is 1. The normalized spacial score (nSPS) is 25.9. The first-order valence-corrected chi connectivity index (χ1v) is 9.92. The van der Waals surface area contributed by atoms with Crippen LogP contribution in [-0.2, 0) is 17.1 Å². The summed E-state index contributed by atoms with van der Waals surface area (Å²) in [5.41, 5.74) is 1.07. The van der Waals surface area contributed by atoms with Crippen LogP contribution in [0.25, 0.3) is 0 Å². The Morgan fingerprint density at radius 2 is 1.86 bits per heavy atom. The molecular formula is C15H26N4O2S. The molecule has 2 fully saturated rings. The van der Waals surface area contributed by atoms with Gasteiger partial charge in [-0.3, -0.25) is 4.90 Å². The van der Waals surface area contributed by atoms with Crippen LogP contribution in [0, 0.1) is 6.92 Å². The van der Waals surface area contributed by atoms with Crippen molar-refractivity contribution >= 4 is 10.0 Å². The maximum atomic E-state index is 11.6. The third-order valence-electron chi connectivity index (χ3n) is 4.99. The summed E-state index contributed by atoms with van der Waals surface area (Å²) in [6, 6.07) is 0.857. The van der Waals surface area contributed by atoms with Crippen molar-refractivity contribution in [2.75, 3.05) is 25.9 Å². The molecule has 0 N–H and O–H groups in total. The molecule has 6 nitrogen and oxygen atoms in total. The molecular weight excluding hydrogens is 300 g/mol. The monoisotopic (exact) mass is 326 g/mol. The number of aryl methyl sites for hydroxylation is 2. The lowest BCUT2D eigenvalue weighted by molar-refractivity contribution is 0.122. The third-order valence-corrected chi connectivity index (χ3v) is 6.29. The molecule has 0 aliphatic carbocycles. The molecule has 0 spiro atoms. The third kappa shape index (κ3) is 3.07. The van der Waals surface area contributed by atoms with E-state index in [-0.39, 0.29) is 0 Å². The average molecular weight is 326 g/mol. The van der Waals surface area contributed by atoms with Crippen molar-refractivity contribution in [3.05, 3.63) is 17.7 Å². The van der Waals surface area contributed by atoms with Crippen molar-refractivity contribution in [3.63, 3.8) is 0 Å². The first kappa shape index (κ1) is 16.0. The Hall–Kier alpha value is -0.920. The van der Waals surface area contributed by atoms with Gasteiger partial charge in [-0.2, -0.15) is 0 Å². The minimum atomic E-state index is -3.04. The number of aromatic nitrogens is 2. The fourth-order valence-electron chi connectivity index (χ4n) is 3.95. The Kier molecular flexibility index (Phi) is 4.31. The minimum Gasteiger partial charge on any atom is -0.336 e. The van der Waals surface area contributed by atoms with Crippen LogP contribution < -0.4 is 0 Å². The smallest absolute Gasteiger partial charge is 0.211 e. The molecule has 0 unspecified atom stereocenters. The molecule has 1 atom stereocenters. The summed E-state index contributed by atoms with van der Waals surface area (Å²) in [5, 5.41) is 0. The maximum absolute atomic E-state index is 11.6. The minimum absolute atomic E-state index is 0.383. The van der Waals surface area contributed by atoms with Crippen molar-refractivity contribution < 1.29 is 8.42 Å². The van der Waals surface area contributed by atoms with Crippen LogP contribution in [0.1, 0.15) is 43.2 Å². The van der Waals surface area contributed by atoms with Gasteiger partial charge in [0.05, 0.1) is 18.0 Å². The Morgan fingerprint density at radius 3 is 2.41 bits per heavy atom. The van der Waals surface area contributed by atoms with Crippen LogP contribution >= 0.6 is 0 Å². The summed E-state index contributed by atoms with van der Waals surface area (Å²) in [6.07, 6.45) is 7.58. The fraction of sp³-hybridized carbons (Fsp3) is 0.800. The van der Waals surface area contributed by atoms with E-state index in [2.05, 4.69) is 22.7 Å². The molecule has 3 heterocycles. The molecule has 1 aromatic heterocycles. The molecule has 3 rings (SSSR count). The van der Waals surface area contributed by atoms with Gasteiger partial charge in [0.2, 0.25) is 10.0 Å². The van der Waals surface area contributed by atoms with Gasteiger partial charge in [0, 0.05) is 32.4 Å².